The highest BCUT2D eigenvalue weighted by atomic mass is 35.5. The molecule has 2 heterocycles. The Morgan fingerprint density at radius 3 is 2.85 bits per heavy atom. The van der Waals surface area contributed by atoms with Crippen LogP contribution in [-0.4, -0.2) is 15.2 Å². The molecule has 0 aliphatic heterocycles. The van der Waals surface area contributed by atoms with E-state index < -0.39 is 5.24 Å². The van der Waals surface area contributed by atoms with Crippen LogP contribution in [0.3, 0.4) is 0 Å². The maximum absolute atomic E-state index is 10.8. The highest BCUT2D eigenvalue weighted by Gasteiger charge is 2.10. The molecule has 0 aliphatic rings. The molecule has 0 saturated heterocycles. The number of nitrogens with zero attached hydrogens (tertiary/aromatic N) is 2. The zero-order chi connectivity index (χ0) is 9.42. The molecule has 13 heavy (non-hydrogen) atoms. The molecule has 2 rings (SSSR count). The number of rotatable bonds is 1. The lowest BCUT2D eigenvalue weighted by atomic mass is 10.4. The third kappa shape index (κ3) is 1.52. The fraction of sp³-hybridized carbons (Fsp3) is 0. The Morgan fingerprint density at radius 1 is 1.46 bits per heavy atom. The quantitative estimate of drug-likeness (QED) is 0.561. The summed E-state index contributed by atoms with van der Waals surface area (Å²) in [6.07, 6.45) is 1.35. The highest BCUT2D eigenvalue weighted by molar-refractivity contribution is 7.21. The number of fused-ring (bicyclic) bond motifs is 1. The summed E-state index contributed by atoms with van der Waals surface area (Å²) in [5.41, 5.74) is 0. The normalized spacial score (nSPS) is 10.6. The van der Waals surface area contributed by atoms with Crippen LogP contribution < -0.4 is 0 Å². The van der Waals surface area contributed by atoms with E-state index in [1.54, 1.807) is 6.07 Å². The molecule has 0 N–H and O–H groups in total. The first kappa shape index (κ1) is 8.87. The molecule has 0 aliphatic carbocycles. The lowest BCUT2D eigenvalue weighted by Gasteiger charge is -1.87. The maximum atomic E-state index is 10.8. The van der Waals surface area contributed by atoms with Crippen molar-refractivity contribution in [2.75, 3.05) is 0 Å². The van der Waals surface area contributed by atoms with E-state index in [1.165, 1.54) is 17.7 Å². The van der Waals surface area contributed by atoms with Crippen LogP contribution in [0.4, 0.5) is 0 Å². The molecule has 0 aromatic carbocycles. The number of carbonyl (C=O) groups excluding carboxylic acids is 1. The molecular formula is C7H2Cl2N2OS. The van der Waals surface area contributed by atoms with Crippen molar-refractivity contribution in [3.8, 4) is 0 Å². The molecule has 0 amide bonds. The third-order valence-electron chi connectivity index (χ3n) is 1.47. The Kier molecular flexibility index (Phi) is 2.19. The molecule has 0 fully saturated rings. The van der Waals surface area contributed by atoms with Crippen molar-refractivity contribution in [1.82, 2.24) is 9.97 Å². The SMILES string of the molecule is O=C(Cl)c1cc2c(Cl)ncnc2s1. The monoisotopic (exact) mass is 232 g/mol. The zero-order valence-electron chi connectivity index (χ0n) is 6.12. The first-order chi connectivity index (χ1) is 6.18. The van der Waals surface area contributed by atoms with Gasteiger partial charge in [-0.3, -0.25) is 4.79 Å². The van der Waals surface area contributed by atoms with E-state index in [9.17, 15) is 4.79 Å². The van der Waals surface area contributed by atoms with Gasteiger partial charge in [0.25, 0.3) is 5.24 Å². The summed E-state index contributed by atoms with van der Waals surface area (Å²) in [6.45, 7) is 0. The molecular weight excluding hydrogens is 231 g/mol. The van der Waals surface area contributed by atoms with Crippen molar-refractivity contribution < 1.29 is 4.79 Å². The molecule has 0 unspecified atom stereocenters. The Balaban J connectivity index is 2.75. The molecule has 0 atom stereocenters. The van der Waals surface area contributed by atoms with Crippen molar-refractivity contribution in [1.29, 1.82) is 0 Å². The fourth-order valence-corrected chi connectivity index (χ4v) is 2.17. The van der Waals surface area contributed by atoms with Gasteiger partial charge in [-0.2, -0.15) is 0 Å². The van der Waals surface area contributed by atoms with Gasteiger partial charge in [0.05, 0.1) is 4.88 Å². The van der Waals surface area contributed by atoms with Crippen LogP contribution in [0.15, 0.2) is 12.4 Å². The lowest BCUT2D eigenvalue weighted by molar-refractivity contribution is 0.108. The molecule has 6 heteroatoms. The standard InChI is InChI=1S/C7H2Cl2N2OS/c8-5-3-1-4(6(9)12)13-7(3)11-2-10-5/h1-2H. The average Bonchev–Trinajstić information content (AvgIpc) is 2.49. The van der Waals surface area contributed by atoms with Crippen LogP contribution in [0.1, 0.15) is 9.67 Å². The molecule has 3 nitrogen and oxygen atoms in total. The van der Waals surface area contributed by atoms with Gasteiger partial charge in [0.15, 0.2) is 0 Å². The van der Waals surface area contributed by atoms with Gasteiger partial charge in [-0.25, -0.2) is 9.97 Å². The molecule has 0 radical (unpaired) electrons. The van der Waals surface area contributed by atoms with Crippen molar-refractivity contribution in [2.45, 2.75) is 0 Å². The van der Waals surface area contributed by atoms with Gasteiger partial charge in [0.1, 0.15) is 16.3 Å². The predicted molar refractivity (Wildman–Crippen MR) is 52.6 cm³/mol. The second-order valence-electron chi connectivity index (χ2n) is 2.27. The van der Waals surface area contributed by atoms with Gasteiger partial charge in [0.2, 0.25) is 0 Å². The zero-order valence-corrected chi connectivity index (χ0v) is 8.45. The van der Waals surface area contributed by atoms with Crippen molar-refractivity contribution in [2.24, 2.45) is 0 Å². The summed E-state index contributed by atoms with van der Waals surface area (Å²) in [7, 11) is 0. The second kappa shape index (κ2) is 3.21. The van der Waals surface area contributed by atoms with Crippen LogP contribution in [-0.2, 0) is 0 Å². The molecule has 0 bridgehead atoms. The van der Waals surface area contributed by atoms with Gasteiger partial charge >= 0.3 is 0 Å². The molecule has 66 valence electrons. The summed E-state index contributed by atoms with van der Waals surface area (Å²) < 4.78 is 0. The number of carbonyl (C=O) groups is 1. The van der Waals surface area contributed by atoms with Crippen molar-refractivity contribution in [3.05, 3.63) is 22.4 Å². The summed E-state index contributed by atoms with van der Waals surface area (Å²) >= 11 is 12.3. The topological polar surface area (TPSA) is 42.9 Å². The maximum Gasteiger partial charge on any atom is 0.262 e. The summed E-state index contributed by atoms with van der Waals surface area (Å²) in [5, 5.41) is 0.502. The Morgan fingerprint density at radius 2 is 2.23 bits per heavy atom. The third-order valence-corrected chi connectivity index (χ3v) is 3.13. The van der Waals surface area contributed by atoms with E-state index >= 15 is 0 Å². The first-order valence-corrected chi connectivity index (χ1v) is 4.85. The summed E-state index contributed by atoms with van der Waals surface area (Å²) in [4.78, 5) is 19.7. The van der Waals surface area contributed by atoms with Crippen LogP contribution in [0.5, 0.6) is 0 Å². The fourth-order valence-electron chi connectivity index (χ4n) is 0.924. The molecule has 0 spiro atoms. The van der Waals surface area contributed by atoms with Gasteiger partial charge in [-0.15, -0.1) is 11.3 Å². The molecule has 2 aromatic rings. The lowest BCUT2D eigenvalue weighted by Crippen LogP contribution is -1.79. The minimum atomic E-state index is -0.501. The van der Waals surface area contributed by atoms with E-state index in [1.807, 2.05) is 0 Å². The van der Waals surface area contributed by atoms with Gasteiger partial charge in [-0.1, -0.05) is 11.6 Å². The number of hydrogen-bond acceptors (Lipinski definition) is 4. The van der Waals surface area contributed by atoms with Crippen LogP contribution in [0.2, 0.25) is 5.15 Å². The van der Waals surface area contributed by atoms with E-state index in [0.29, 0.717) is 20.2 Å². The van der Waals surface area contributed by atoms with Gasteiger partial charge in [-0.05, 0) is 17.7 Å². The minimum absolute atomic E-state index is 0.338. The van der Waals surface area contributed by atoms with E-state index in [-0.39, 0.29) is 0 Å². The Labute approximate surface area is 87.3 Å². The van der Waals surface area contributed by atoms with Gasteiger partial charge < -0.3 is 0 Å². The van der Waals surface area contributed by atoms with Crippen LogP contribution in [0.25, 0.3) is 10.2 Å². The van der Waals surface area contributed by atoms with E-state index in [4.69, 9.17) is 23.2 Å². The van der Waals surface area contributed by atoms with Crippen molar-refractivity contribution in [3.63, 3.8) is 0 Å². The van der Waals surface area contributed by atoms with E-state index in [2.05, 4.69) is 9.97 Å². The average molecular weight is 233 g/mol. The summed E-state index contributed by atoms with van der Waals surface area (Å²) in [5.74, 6) is 0. The highest BCUT2D eigenvalue weighted by Crippen LogP contribution is 2.28. The smallest absolute Gasteiger partial charge is 0.262 e. The molecule has 2 aromatic heterocycles. The Hall–Kier alpha value is -0.710. The number of aromatic nitrogens is 2. The number of halogens is 2. The second-order valence-corrected chi connectivity index (χ2v) is 4.00. The minimum Gasteiger partial charge on any atom is -0.275 e. The molecule has 0 saturated carbocycles. The van der Waals surface area contributed by atoms with Crippen LogP contribution in [0, 0.1) is 0 Å². The summed E-state index contributed by atoms with van der Waals surface area (Å²) in [6, 6.07) is 1.59. The number of thiophene rings is 1. The largest absolute Gasteiger partial charge is 0.275 e. The van der Waals surface area contributed by atoms with E-state index in [0.717, 1.165) is 0 Å². The van der Waals surface area contributed by atoms with Gasteiger partial charge in [0, 0.05) is 5.39 Å². The van der Waals surface area contributed by atoms with Crippen molar-refractivity contribution >= 4 is 50.0 Å². The predicted octanol–water partition coefficient (Wildman–Crippen LogP) is 2.72. The number of hydrogen-bond donors (Lipinski definition) is 0. The van der Waals surface area contributed by atoms with Crippen LogP contribution >= 0.6 is 34.5 Å². The Bertz CT molecular complexity index is 482. The first-order valence-electron chi connectivity index (χ1n) is 3.28.